The normalized spacial score (nSPS) is 13.8. The molecule has 0 aliphatic rings. The van der Waals surface area contributed by atoms with Crippen LogP contribution in [0.2, 0.25) is 0 Å². The Hall–Kier alpha value is -1.94. The van der Waals surface area contributed by atoms with Crippen LogP contribution in [0.15, 0.2) is 0 Å². The molecule has 107 heavy (non-hydrogen) atoms. The number of rotatable bonds is 86. The summed E-state index contributed by atoms with van der Waals surface area (Å²) in [6.45, 7) is 12.0. The van der Waals surface area contributed by atoms with Crippen LogP contribution in [-0.4, -0.2) is 96.7 Å². The number of aliphatic hydroxyl groups excluding tert-OH is 1. The summed E-state index contributed by atoms with van der Waals surface area (Å²) in [6, 6.07) is 0. The number of carbonyl (C=O) groups excluding carboxylic acids is 4. The molecule has 0 heterocycles. The molecule has 0 aliphatic heterocycles. The first-order valence-corrected chi connectivity index (χ1v) is 48.3. The third-order valence-corrected chi connectivity index (χ3v) is 22.5. The smallest absolute Gasteiger partial charge is 0.462 e. The number of phosphoric acid groups is 2. The van der Waals surface area contributed by atoms with E-state index in [0.29, 0.717) is 31.6 Å². The average molecular weight is 1560 g/mol. The highest BCUT2D eigenvalue weighted by atomic mass is 31.2. The Morgan fingerprint density at radius 1 is 0.252 bits per heavy atom. The second-order valence-corrected chi connectivity index (χ2v) is 36.0. The predicted octanol–water partition coefficient (Wildman–Crippen LogP) is 26.9. The van der Waals surface area contributed by atoms with E-state index in [1.165, 1.54) is 270 Å². The van der Waals surface area contributed by atoms with Crippen LogP contribution in [0.25, 0.3) is 0 Å². The van der Waals surface area contributed by atoms with Gasteiger partial charge in [0.15, 0.2) is 12.2 Å². The van der Waals surface area contributed by atoms with Crippen LogP contribution >= 0.6 is 15.6 Å². The first kappa shape index (κ1) is 105. The standard InChI is InChI=1S/C88H172O17P2/c1-8-9-10-11-12-13-14-15-16-17-18-19-20-21-22-27-33-38-43-48-57-64-71-87(92)104-83(75-98-85(90)69-62-55-47-42-37-32-26-24-23-25-30-35-40-45-52-59-66-79(2)3)77-102-106(94,95)100-73-82(89)74-101-107(96,97)103-78-84(76-99-86(91)70-63-56-51-50-54-61-68-81(6)7)105-88(93)72-65-58-49-44-39-34-29-28-31-36-41-46-53-60-67-80(4)5/h79-84,89H,8-78H2,1-7H3,(H,94,95)(H,96,97)/t82-,83-,84-/m1/s1. The van der Waals surface area contributed by atoms with Crippen molar-refractivity contribution < 1.29 is 80.2 Å². The maximum absolute atomic E-state index is 13.2. The van der Waals surface area contributed by atoms with E-state index < -0.39 is 97.5 Å². The van der Waals surface area contributed by atoms with E-state index in [1.54, 1.807) is 0 Å². The van der Waals surface area contributed by atoms with Crippen LogP contribution in [-0.2, 0) is 65.4 Å². The number of aliphatic hydroxyl groups is 1. The Labute approximate surface area is 658 Å². The molecule has 0 saturated heterocycles. The van der Waals surface area contributed by atoms with Gasteiger partial charge in [-0.2, -0.15) is 0 Å². The molecule has 3 N–H and O–H groups in total. The van der Waals surface area contributed by atoms with Gasteiger partial charge in [0.1, 0.15) is 19.3 Å². The molecular weight excluding hydrogens is 1390 g/mol. The first-order chi connectivity index (χ1) is 51.7. The molecule has 0 aromatic heterocycles. The molecule has 0 radical (unpaired) electrons. The van der Waals surface area contributed by atoms with Crippen molar-refractivity contribution in [1.29, 1.82) is 0 Å². The van der Waals surface area contributed by atoms with Crippen molar-refractivity contribution in [3.05, 3.63) is 0 Å². The summed E-state index contributed by atoms with van der Waals surface area (Å²) in [5.74, 6) is 0.181. The second-order valence-electron chi connectivity index (χ2n) is 33.1. The lowest BCUT2D eigenvalue weighted by atomic mass is 10.0. The zero-order valence-corrected chi connectivity index (χ0v) is 72.4. The number of hydrogen-bond donors (Lipinski definition) is 3. The van der Waals surface area contributed by atoms with Gasteiger partial charge in [0.2, 0.25) is 0 Å². The van der Waals surface area contributed by atoms with Crippen LogP contribution < -0.4 is 0 Å². The number of hydrogen-bond acceptors (Lipinski definition) is 15. The van der Waals surface area contributed by atoms with Crippen molar-refractivity contribution in [2.75, 3.05) is 39.6 Å². The summed E-state index contributed by atoms with van der Waals surface area (Å²) < 4.78 is 68.9. The van der Waals surface area contributed by atoms with Gasteiger partial charge in [0.25, 0.3) is 0 Å². The molecule has 17 nitrogen and oxygen atoms in total. The Kier molecular flexibility index (Phi) is 76.6. The minimum absolute atomic E-state index is 0.107. The van der Waals surface area contributed by atoms with Crippen LogP contribution in [0, 0.1) is 17.8 Å². The highest BCUT2D eigenvalue weighted by Gasteiger charge is 2.31. The fourth-order valence-corrected chi connectivity index (χ4v) is 15.3. The van der Waals surface area contributed by atoms with E-state index in [2.05, 4.69) is 48.5 Å². The van der Waals surface area contributed by atoms with E-state index in [1.807, 2.05) is 0 Å². The average Bonchev–Trinajstić information content (AvgIpc) is 0.900. The Morgan fingerprint density at radius 2 is 0.430 bits per heavy atom. The van der Waals surface area contributed by atoms with Crippen molar-refractivity contribution in [1.82, 2.24) is 0 Å². The number of esters is 4. The van der Waals surface area contributed by atoms with E-state index in [9.17, 15) is 43.2 Å². The van der Waals surface area contributed by atoms with E-state index in [4.69, 9.17) is 37.0 Å². The van der Waals surface area contributed by atoms with E-state index in [0.717, 1.165) is 108 Å². The van der Waals surface area contributed by atoms with Crippen molar-refractivity contribution in [3.63, 3.8) is 0 Å². The molecule has 0 aromatic rings. The Morgan fingerprint density at radius 3 is 0.636 bits per heavy atom. The molecule has 0 spiro atoms. The summed E-state index contributed by atoms with van der Waals surface area (Å²) in [5.41, 5.74) is 0. The lowest BCUT2D eigenvalue weighted by Gasteiger charge is -2.21. The predicted molar refractivity (Wildman–Crippen MR) is 441 cm³/mol. The minimum Gasteiger partial charge on any atom is -0.462 e. The van der Waals surface area contributed by atoms with E-state index in [-0.39, 0.29) is 25.7 Å². The summed E-state index contributed by atoms with van der Waals surface area (Å²) in [4.78, 5) is 73.2. The van der Waals surface area contributed by atoms with Gasteiger partial charge in [-0.3, -0.25) is 37.3 Å². The molecular formula is C88H172O17P2. The van der Waals surface area contributed by atoms with Gasteiger partial charge in [0, 0.05) is 25.7 Å². The lowest BCUT2D eigenvalue weighted by molar-refractivity contribution is -0.161. The molecule has 0 fully saturated rings. The second kappa shape index (κ2) is 78.0. The van der Waals surface area contributed by atoms with Crippen LogP contribution in [0.1, 0.15) is 466 Å². The minimum atomic E-state index is -4.97. The van der Waals surface area contributed by atoms with Gasteiger partial charge in [-0.1, -0.05) is 414 Å². The zero-order valence-electron chi connectivity index (χ0n) is 70.6. The van der Waals surface area contributed by atoms with Gasteiger partial charge in [-0.25, -0.2) is 9.13 Å². The quantitative estimate of drug-likeness (QED) is 0.0222. The maximum atomic E-state index is 13.2. The molecule has 5 atom stereocenters. The molecule has 0 bridgehead atoms. The monoisotopic (exact) mass is 1560 g/mol. The molecule has 0 aromatic carbocycles. The lowest BCUT2D eigenvalue weighted by Crippen LogP contribution is -2.30. The highest BCUT2D eigenvalue weighted by molar-refractivity contribution is 7.47. The summed E-state index contributed by atoms with van der Waals surface area (Å²) >= 11 is 0. The Bertz CT molecular complexity index is 2060. The van der Waals surface area contributed by atoms with Crippen LogP contribution in [0.4, 0.5) is 0 Å². The molecule has 0 saturated carbocycles. The molecule has 0 amide bonds. The van der Waals surface area contributed by atoms with Crippen LogP contribution in [0.5, 0.6) is 0 Å². The van der Waals surface area contributed by atoms with Crippen LogP contribution in [0.3, 0.4) is 0 Å². The van der Waals surface area contributed by atoms with Gasteiger partial charge in [-0.05, 0) is 43.4 Å². The van der Waals surface area contributed by atoms with Crippen molar-refractivity contribution in [2.24, 2.45) is 17.8 Å². The summed E-state index contributed by atoms with van der Waals surface area (Å²) in [5, 5.41) is 10.7. The first-order valence-electron chi connectivity index (χ1n) is 45.3. The van der Waals surface area contributed by atoms with Crippen molar-refractivity contribution in [3.8, 4) is 0 Å². The number of ether oxygens (including phenoxy) is 4. The number of unbranched alkanes of at least 4 members (excludes halogenated alkanes) is 54. The summed E-state index contributed by atoms with van der Waals surface area (Å²) in [7, 11) is -9.93. The van der Waals surface area contributed by atoms with Gasteiger partial charge in [0.05, 0.1) is 26.4 Å². The maximum Gasteiger partial charge on any atom is 0.472 e. The third kappa shape index (κ3) is 81.9. The van der Waals surface area contributed by atoms with Gasteiger partial charge in [-0.15, -0.1) is 0 Å². The van der Waals surface area contributed by atoms with Crippen molar-refractivity contribution >= 4 is 39.5 Å². The summed E-state index contributed by atoms with van der Waals surface area (Å²) in [6.07, 6.45) is 69.8. The molecule has 636 valence electrons. The number of phosphoric ester groups is 2. The van der Waals surface area contributed by atoms with Crippen molar-refractivity contribution in [2.45, 2.75) is 484 Å². The topological polar surface area (TPSA) is 237 Å². The molecule has 19 heteroatoms. The largest absolute Gasteiger partial charge is 0.472 e. The molecule has 2 unspecified atom stereocenters. The molecule has 0 rings (SSSR count). The highest BCUT2D eigenvalue weighted by Crippen LogP contribution is 2.45. The van der Waals surface area contributed by atoms with Gasteiger partial charge >= 0.3 is 39.5 Å². The number of carbonyl (C=O) groups is 4. The fourth-order valence-electron chi connectivity index (χ4n) is 13.7. The van der Waals surface area contributed by atoms with Gasteiger partial charge < -0.3 is 33.8 Å². The third-order valence-electron chi connectivity index (χ3n) is 20.6. The fraction of sp³-hybridized carbons (Fsp3) is 0.955. The van der Waals surface area contributed by atoms with E-state index >= 15 is 0 Å². The molecule has 0 aliphatic carbocycles. The SMILES string of the molecule is CCCCCCCCCCCCCCCCCCCCCCCCC(=O)O[C@H](COC(=O)CCCCCCCCCCCCCCCCCCC(C)C)COP(=O)(O)OC[C@@H](O)COP(=O)(O)OC[C@@H](COC(=O)CCCCCCCCC(C)C)OC(=O)CCCCCCCCCCCCCCCCC(C)C. The zero-order chi connectivity index (χ0) is 78.6. The Balaban J connectivity index is 5.20.